The molecule has 5 rings (SSSR count). The first-order valence-electron chi connectivity index (χ1n) is 11.0. The molecule has 3 aromatic rings. The summed E-state index contributed by atoms with van der Waals surface area (Å²) < 4.78 is 38.8. The van der Waals surface area contributed by atoms with E-state index < -0.39 is 10.0 Å². The fourth-order valence-corrected chi connectivity index (χ4v) is 6.71. The van der Waals surface area contributed by atoms with Crippen molar-refractivity contribution in [3.63, 3.8) is 0 Å². The van der Waals surface area contributed by atoms with Crippen LogP contribution in [0.4, 0.5) is 0 Å². The van der Waals surface area contributed by atoms with E-state index in [-0.39, 0.29) is 6.04 Å². The number of benzene rings is 2. The Hall–Kier alpha value is -1.91. The predicted octanol–water partition coefficient (Wildman–Crippen LogP) is 4.67. The Morgan fingerprint density at radius 1 is 1.12 bits per heavy atom. The highest BCUT2D eigenvalue weighted by Gasteiger charge is 2.41. The number of fused-ring (bicyclic) bond motifs is 3. The van der Waals surface area contributed by atoms with E-state index in [1.54, 1.807) is 0 Å². The predicted molar refractivity (Wildman–Crippen MR) is 131 cm³/mol. The summed E-state index contributed by atoms with van der Waals surface area (Å²) in [6.07, 6.45) is 5.22. The van der Waals surface area contributed by atoms with Crippen LogP contribution in [-0.2, 0) is 10.0 Å². The molecule has 33 heavy (non-hydrogen) atoms. The summed E-state index contributed by atoms with van der Waals surface area (Å²) in [5.41, 5.74) is 0.826. The number of aromatic nitrogens is 1. The highest BCUT2D eigenvalue weighted by atomic mass is 35.5. The van der Waals surface area contributed by atoms with Crippen molar-refractivity contribution in [3.8, 4) is 16.7 Å². The molecular formula is C23H26ClN3O4S2. The van der Waals surface area contributed by atoms with Crippen LogP contribution in [0.2, 0.25) is 5.02 Å². The third-order valence-electron chi connectivity index (χ3n) is 6.24. The smallest absolute Gasteiger partial charge is 0.279 e. The average molecular weight is 508 g/mol. The van der Waals surface area contributed by atoms with Gasteiger partial charge in [0, 0.05) is 29.7 Å². The van der Waals surface area contributed by atoms with Gasteiger partial charge in [0.25, 0.3) is 5.19 Å². The monoisotopic (exact) mass is 507 g/mol. The van der Waals surface area contributed by atoms with Gasteiger partial charge in [-0.15, -0.1) is 0 Å². The minimum atomic E-state index is -3.16. The molecule has 2 bridgehead atoms. The molecule has 1 aromatic heterocycles. The number of hydrogen-bond acceptors (Lipinski definition) is 7. The molecule has 3 atom stereocenters. The summed E-state index contributed by atoms with van der Waals surface area (Å²) in [7, 11) is -3.16. The van der Waals surface area contributed by atoms with E-state index in [9.17, 15) is 8.42 Å². The van der Waals surface area contributed by atoms with Crippen LogP contribution >= 0.6 is 22.9 Å². The van der Waals surface area contributed by atoms with Gasteiger partial charge in [-0.3, -0.25) is 4.90 Å². The number of piperidine rings is 1. The SMILES string of the molecule is CS(=O)(=O)N[C@@H]1C[C@H]2CC[C@@H](C1)N2CCOc1ccc(Oc2nc3cc(Cl)ccc3s2)cc1. The normalized spacial score (nSPS) is 23.2. The van der Waals surface area contributed by atoms with Crippen molar-refractivity contribution < 1.29 is 17.9 Å². The van der Waals surface area contributed by atoms with Gasteiger partial charge in [-0.25, -0.2) is 18.1 Å². The highest BCUT2D eigenvalue weighted by molar-refractivity contribution is 7.88. The van der Waals surface area contributed by atoms with Crippen molar-refractivity contribution >= 4 is 43.2 Å². The lowest BCUT2D eigenvalue weighted by molar-refractivity contribution is 0.103. The van der Waals surface area contributed by atoms with E-state index in [1.807, 2.05) is 42.5 Å². The Balaban J connectivity index is 1.12. The molecule has 0 spiro atoms. The lowest BCUT2D eigenvalue weighted by Gasteiger charge is -2.38. The molecule has 0 unspecified atom stereocenters. The molecule has 0 radical (unpaired) electrons. The van der Waals surface area contributed by atoms with Crippen LogP contribution in [0.25, 0.3) is 10.2 Å². The van der Waals surface area contributed by atoms with Gasteiger partial charge in [-0.2, -0.15) is 0 Å². The van der Waals surface area contributed by atoms with Crippen LogP contribution in [0.1, 0.15) is 25.7 Å². The number of nitrogens with zero attached hydrogens (tertiary/aromatic N) is 2. The van der Waals surface area contributed by atoms with Gasteiger partial charge in [0.2, 0.25) is 10.0 Å². The lowest BCUT2D eigenvalue weighted by Crippen LogP contribution is -2.51. The number of halogens is 1. The molecule has 2 aromatic carbocycles. The summed E-state index contributed by atoms with van der Waals surface area (Å²) in [6, 6.07) is 14.1. The van der Waals surface area contributed by atoms with Crippen molar-refractivity contribution in [3.05, 3.63) is 47.5 Å². The van der Waals surface area contributed by atoms with Gasteiger partial charge in [-0.05, 0) is 68.1 Å². The van der Waals surface area contributed by atoms with Gasteiger partial charge in [0.05, 0.1) is 16.5 Å². The number of hydrogen-bond donors (Lipinski definition) is 1. The summed E-state index contributed by atoms with van der Waals surface area (Å²) in [6.45, 7) is 1.43. The van der Waals surface area contributed by atoms with Crippen molar-refractivity contribution in [2.45, 2.75) is 43.8 Å². The summed E-state index contributed by atoms with van der Waals surface area (Å²) in [5, 5.41) is 1.23. The zero-order valence-electron chi connectivity index (χ0n) is 18.2. The molecule has 2 aliphatic heterocycles. The molecule has 0 saturated carbocycles. The third-order valence-corrected chi connectivity index (χ3v) is 8.15. The molecule has 10 heteroatoms. The summed E-state index contributed by atoms with van der Waals surface area (Å²) in [5.74, 6) is 1.49. The largest absolute Gasteiger partial charge is 0.492 e. The molecule has 176 valence electrons. The molecule has 1 N–H and O–H groups in total. The highest BCUT2D eigenvalue weighted by Crippen LogP contribution is 2.36. The lowest BCUT2D eigenvalue weighted by atomic mass is 9.98. The van der Waals surface area contributed by atoms with E-state index in [0.29, 0.717) is 34.7 Å². The number of ether oxygens (including phenoxy) is 2. The Morgan fingerprint density at radius 3 is 2.52 bits per heavy atom. The summed E-state index contributed by atoms with van der Waals surface area (Å²) >= 11 is 7.50. The zero-order valence-corrected chi connectivity index (χ0v) is 20.6. The van der Waals surface area contributed by atoms with Crippen LogP contribution in [0, 0.1) is 0 Å². The van der Waals surface area contributed by atoms with Crippen LogP contribution in [-0.4, -0.2) is 55.8 Å². The Kier molecular flexibility index (Phi) is 6.50. The molecule has 2 saturated heterocycles. The van der Waals surface area contributed by atoms with E-state index in [4.69, 9.17) is 21.1 Å². The molecule has 0 amide bonds. The number of sulfonamides is 1. The second-order valence-electron chi connectivity index (χ2n) is 8.69. The first kappa shape index (κ1) is 22.9. The van der Waals surface area contributed by atoms with Crippen LogP contribution in [0.15, 0.2) is 42.5 Å². The van der Waals surface area contributed by atoms with Gasteiger partial charge < -0.3 is 9.47 Å². The van der Waals surface area contributed by atoms with E-state index in [0.717, 1.165) is 48.2 Å². The topological polar surface area (TPSA) is 80.8 Å². The van der Waals surface area contributed by atoms with Crippen molar-refractivity contribution in [1.82, 2.24) is 14.6 Å². The fraction of sp³-hybridized carbons (Fsp3) is 0.435. The second kappa shape index (κ2) is 9.38. The maximum atomic E-state index is 11.6. The molecule has 7 nitrogen and oxygen atoms in total. The number of nitrogens with one attached hydrogen (secondary N) is 1. The first-order valence-corrected chi connectivity index (χ1v) is 14.1. The zero-order chi connectivity index (χ0) is 23.0. The van der Waals surface area contributed by atoms with Crippen LogP contribution in [0.3, 0.4) is 0 Å². The van der Waals surface area contributed by atoms with Gasteiger partial charge in [-0.1, -0.05) is 22.9 Å². The van der Waals surface area contributed by atoms with Gasteiger partial charge in [0.15, 0.2) is 0 Å². The summed E-state index contributed by atoms with van der Waals surface area (Å²) in [4.78, 5) is 6.96. The Bertz CT molecular complexity index is 1220. The van der Waals surface area contributed by atoms with Crippen molar-refractivity contribution in [1.29, 1.82) is 0 Å². The quantitative estimate of drug-likeness (QED) is 0.477. The molecule has 2 fully saturated rings. The molecular weight excluding hydrogens is 482 g/mol. The molecule has 0 aliphatic carbocycles. The number of thiazole rings is 1. The fourth-order valence-electron chi connectivity index (χ4n) is 4.93. The van der Waals surface area contributed by atoms with Crippen molar-refractivity contribution in [2.75, 3.05) is 19.4 Å². The number of rotatable bonds is 8. The second-order valence-corrected chi connectivity index (χ2v) is 11.9. The molecule has 2 aliphatic rings. The Morgan fingerprint density at radius 2 is 1.82 bits per heavy atom. The minimum Gasteiger partial charge on any atom is -0.492 e. The van der Waals surface area contributed by atoms with E-state index in [1.165, 1.54) is 17.6 Å². The van der Waals surface area contributed by atoms with E-state index in [2.05, 4.69) is 14.6 Å². The van der Waals surface area contributed by atoms with Crippen LogP contribution < -0.4 is 14.2 Å². The third kappa shape index (κ3) is 5.60. The minimum absolute atomic E-state index is 0.0506. The van der Waals surface area contributed by atoms with Crippen molar-refractivity contribution in [2.24, 2.45) is 0 Å². The average Bonchev–Trinajstić information content (AvgIpc) is 3.24. The maximum Gasteiger partial charge on any atom is 0.279 e. The van der Waals surface area contributed by atoms with E-state index >= 15 is 0 Å². The van der Waals surface area contributed by atoms with Gasteiger partial charge in [0.1, 0.15) is 18.1 Å². The first-order chi connectivity index (χ1) is 15.8. The molecule has 3 heterocycles. The standard InChI is InChI=1S/C23H26ClN3O4S2/c1-33(28,29)26-16-13-17-3-4-18(14-16)27(17)10-11-30-19-5-7-20(8-6-19)31-23-25-21-12-15(24)2-9-22(21)32-23/h2,5-9,12,16-18,26H,3-4,10-11,13-14H2,1H3/t16-,17-,18+. The van der Waals surface area contributed by atoms with Crippen LogP contribution in [0.5, 0.6) is 16.7 Å². The Labute approximate surface area is 202 Å². The maximum absolute atomic E-state index is 11.6. The van der Waals surface area contributed by atoms with Gasteiger partial charge >= 0.3 is 0 Å².